The maximum absolute atomic E-state index is 2.57. The molecule has 0 saturated heterocycles. The van der Waals surface area contributed by atoms with Gasteiger partial charge in [0.15, 0.2) is 0 Å². The van der Waals surface area contributed by atoms with Crippen LogP contribution in [0.15, 0.2) is 176 Å². The molecule has 8 aromatic rings. The minimum Gasteiger partial charge on any atom is -0.311 e. The van der Waals surface area contributed by atoms with Gasteiger partial charge in [-0.2, -0.15) is 0 Å². The van der Waals surface area contributed by atoms with Gasteiger partial charge >= 0.3 is 0 Å². The standard InChI is InChI=1S/C56H50BN3/c1-37-23-27-43(28-24-37)59-51-29-25-40(4)33-48(51)57-49-34-42(56(5,6)7)26-30-52(49)60(50-22-12-11-21-47(50)41-17-9-8-10-18-41)54-36-46(35-53(59)55(54)57)58(44-19-13-15-38(2)31-44)45-20-14-16-39(3)32-45/h8-36H,1-7H3. The Morgan fingerprint density at radius 3 is 1.65 bits per heavy atom. The molecule has 0 saturated carbocycles. The first-order valence-electron chi connectivity index (χ1n) is 21.2. The van der Waals surface area contributed by atoms with Gasteiger partial charge in [0.1, 0.15) is 0 Å². The Balaban J connectivity index is 1.37. The van der Waals surface area contributed by atoms with E-state index in [1.807, 2.05) is 0 Å². The number of rotatable bonds is 6. The Labute approximate surface area is 356 Å². The van der Waals surface area contributed by atoms with Crippen LogP contribution in [-0.4, -0.2) is 6.71 Å². The Morgan fingerprint density at radius 2 is 0.983 bits per heavy atom. The molecule has 0 radical (unpaired) electrons. The largest absolute Gasteiger partial charge is 0.311 e. The van der Waals surface area contributed by atoms with E-state index >= 15 is 0 Å². The molecular weight excluding hydrogens is 725 g/mol. The third-order valence-electron chi connectivity index (χ3n) is 12.4. The molecule has 0 aromatic heterocycles. The molecule has 0 unspecified atom stereocenters. The molecule has 2 aliphatic heterocycles. The summed E-state index contributed by atoms with van der Waals surface area (Å²) < 4.78 is 0. The molecule has 2 heterocycles. The van der Waals surface area contributed by atoms with Crippen LogP contribution >= 0.6 is 0 Å². The summed E-state index contributed by atoms with van der Waals surface area (Å²) in [5, 5.41) is 0. The molecule has 0 bridgehead atoms. The second-order valence-corrected chi connectivity index (χ2v) is 17.8. The Kier molecular flexibility index (Phi) is 9.06. The maximum Gasteiger partial charge on any atom is 0.252 e. The van der Waals surface area contributed by atoms with Crippen LogP contribution in [0, 0.1) is 27.7 Å². The zero-order valence-electron chi connectivity index (χ0n) is 35.7. The number of hydrogen-bond donors (Lipinski definition) is 0. The van der Waals surface area contributed by atoms with Gasteiger partial charge in [-0.05, 0) is 138 Å². The van der Waals surface area contributed by atoms with E-state index in [1.54, 1.807) is 0 Å². The fraction of sp³-hybridized carbons (Fsp3) is 0.143. The Bertz CT molecular complexity index is 2880. The number of hydrogen-bond acceptors (Lipinski definition) is 3. The lowest BCUT2D eigenvalue weighted by atomic mass is 9.33. The van der Waals surface area contributed by atoms with E-state index in [4.69, 9.17) is 0 Å². The Morgan fingerprint density at radius 1 is 0.417 bits per heavy atom. The molecule has 292 valence electrons. The summed E-state index contributed by atoms with van der Waals surface area (Å²) in [6, 6.07) is 65.9. The maximum atomic E-state index is 2.57. The van der Waals surface area contributed by atoms with E-state index < -0.39 is 0 Å². The monoisotopic (exact) mass is 775 g/mol. The second kappa shape index (κ2) is 14.5. The molecule has 10 rings (SSSR count). The summed E-state index contributed by atoms with van der Waals surface area (Å²) in [5.74, 6) is 0. The average molecular weight is 776 g/mol. The normalized spacial score (nSPS) is 12.8. The molecule has 0 atom stereocenters. The molecule has 8 aromatic carbocycles. The predicted molar refractivity (Wildman–Crippen MR) is 258 cm³/mol. The number of aryl methyl sites for hydroxylation is 4. The minimum atomic E-state index is -0.0328. The van der Waals surface area contributed by atoms with E-state index in [0.29, 0.717) is 0 Å². The molecule has 3 nitrogen and oxygen atoms in total. The highest BCUT2D eigenvalue weighted by Crippen LogP contribution is 2.50. The van der Waals surface area contributed by atoms with Crippen molar-refractivity contribution in [2.75, 3.05) is 14.7 Å². The summed E-state index contributed by atoms with van der Waals surface area (Å²) in [5.41, 5.74) is 23.0. The summed E-state index contributed by atoms with van der Waals surface area (Å²) >= 11 is 0. The van der Waals surface area contributed by atoms with Gasteiger partial charge in [-0.25, -0.2) is 0 Å². The first-order chi connectivity index (χ1) is 29.0. The fourth-order valence-electron chi connectivity index (χ4n) is 9.45. The van der Waals surface area contributed by atoms with Crippen molar-refractivity contribution in [1.29, 1.82) is 0 Å². The van der Waals surface area contributed by atoms with E-state index in [-0.39, 0.29) is 12.1 Å². The summed E-state index contributed by atoms with van der Waals surface area (Å²) in [6.45, 7) is 15.8. The van der Waals surface area contributed by atoms with Crippen LogP contribution in [-0.2, 0) is 5.41 Å². The van der Waals surface area contributed by atoms with Crippen molar-refractivity contribution in [1.82, 2.24) is 0 Å². The highest BCUT2D eigenvalue weighted by Gasteiger charge is 2.44. The summed E-state index contributed by atoms with van der Waals surface area (Å²) in [4.78, 5) is 7.54. The average Bonchev–Trinajstić information content (AvgIpc) is 3.24. The van der Waals surface area contributed by atoms with Gasteiger partial charge in [-0.1, -0.05) is 141 Å². The molecule has 2 aliphatic rings. The van der Waals surface area contributed by atoms with Crippen LogP contribution in [0.2, 0.25) is 0 Å². The number of fused-ring (bicyclic) bond motifs is 4. The van der Waals surface area contributed by atoms with Crippen LogP contribution in [0.4, 0.5) is 51.2 Å². The quantitative estimate of drug-likeness (QED) is 0.156. The van der Waals surface area contributed by atoms with Gasteiger partial charge in [0.25, 0.3) is 6.71 Å². The highest BCUT2D eigenvalue weighted by molar-refractivity contribution is 7.00. The van der Waals surface area contributed by atoms with Gasteiger partial charge in [-0.15, -0.1) is 0 Å². The summed E-state index contributed by atoms with van der Waals surface area (Å²) in [7, 11) is 0. The van der Waals surface area contributed by atoms with Crippen molar-refractivity contribution < 1.29 is 0 Å². The molecule has 0 spiro atoms. The zero-order chi connectivity index (χ0) is 41.3. The molecule has 60 heavy (non-hydrogen) atoms. The first kappa shape index (κ1) is 37.5. The van der Waals surface area contributed by atoms with Gasteiger partial charge in [0.05, 0.1) is 11.4 Å². The van der Waals surface area contributed by atoms with Crippen molar-refractivity contribution in [3.05, 3.63) is 204 Å². The van der Waals surface area contributed by atoms with Gasteiger partial charge in [0.2, 0.25) is 0 Å². The van der Waals surface area contributed by atoms with Crippen molar-refractivity contribution in [3.8, 4) is 11.1 Å². The van der Waals surface area contributed by atoms with Gasteiger partial charge in [0, 0.05) is 45.4 Å². The number of nitrogens with zero attached hydrogens (tertiary/aromatic N) is 3. The number of benzene rings is 8. The predicted octanol–water partition coefficient (Wildman–Crippen LogP) is 13.4. The van der Waals surface area contributed by atoms with E-state index in [1.165, 1.54) is 78.1 Å². The summed E-state index contributed by atoms with van der Waals surface area (Å²) in [6.07, 6.45) is 0. The first-order valence-corrected chi connectivity index (χ1v) is 21.2. The van der Waals surface area contributed by atoms with Crippen LogP contribution < -0.4 is 31.1 Å². The lowest BCUT2D eigenvalue weighted by molar-refractivity contribution is 0.591. The van der Waals surface area contributed by atoms with Crippen molar-refractivity contribution >= 4 is 74.3 Å². The van der Waals surface area contributed by atoms with Crippen molar-refractivity contribution in [3.63, 3.8) is 0 Å². The lowest BCUT2D eigenvalue weighted by Gasteiger charge is -2.45. The molecule has 0 aliphatic carbocycles. The van der Waals surface area contributed by atoms with Crippen LogP contribution in [0.1, 0.15) is 48.6 Å². The van der Waals surface area contributed by atoms with Crippen LogP contribution in [0.5, 0.6) is 0 Å². The molecular formula is C56H50BN3. The lowest BCUT2D eigenvalue weighted by Crippen LogP contribution is -2.61. The smallest absolute Gasteiger partial charge is 0.252 e. The van der Waals surface area contributed by atoms with Crippen LogP contribution in [0.25, 0.3) is 11.1 Å². The number of para-hydroxylation sites is 1. The van der Waals surface area contributed by atoms with E-state index in [9.17, 15) is 0 Å². The third kappa shape index (κ3) is 6.39. The fourth-order valence-corrected chi connectivity index (χ4v) is 9.45. The Hall–Kier alpha value is -6.78. The third-order valence-corrected chi connectivity index (χ3v) is 12.4. The number of anilines is 9. The molecule has 0 amide bonds. The minimum absolute atomic E-state index is 0.00414. The molecule has 4 heteroatoms. The second-order valence-electron chi connectivity index (χ2n) is 17.8. The van der Waals surface area contributed by atoms with Gasteiger partial charge in [-0.3, -0.25) is 0 Å². The topological polar surface area (TPSA) is 9.72 Å². The van der Waals surface area contributed by atoms with Gasteiger partial charge < -0.3 is 14.7 Å². The zero-order valence-corrected chi connectivity index (χ0v) is 35.7. The van der Waals surface area contributed by atoms with Crippen LogP contribution in [0.3, 0.4) is 0 Å². The van der Waals surface area contributed by atoms with Crippen molar-refractivity contribution in [2.45, 2.75) is 53.9 Å². The van der Waals surface area contributed by atoms with E-state index in [2.05, 4.69) is 239 Å². The van der Waals surface area contributed by atoms with E-state index in [0.717, 1.165) is 28.4 Å². The van der Waals surface area contributed by atoms with Crippen molar-refractivity contribution in [2.24, 2.45) is 0 Å². The molecule has 0 fully saturated rings. The highest BCUT2D eigenvalue weighted by atomic mass is 15.2. The SMILES string of the molecule is Cc1ccc(N2c3ccc(C)cc3B3c4cc(C(C)(C)C)ccc4N(c4ccccc4-c4ccccc4)c4cc(N(c5cccc(C)c5)c5cccc(C)c5)cc2c43)cc1. The molecule has 0 N–H and O–H groups in total.